The van der Waals surface area contributed by atoms with Gasteiger partial charge in [0.2, 0.25) is 0 Å². The third-order valence-electron chi connectivity index (χ3n) is 6.46. The highest BCUT2D eigenvalue weighted by atomic mass is 16.4. The van der Waals surface area contributed by atoms with E-state index in [9.17, 15) is 14.7 Å². The second-order valence-corrected chi connectivity index (χ2v) is 8.80. The van der Waals surface area contributed by atoms with E-state index in [2.05, 4.69) is 15.4 Å². The molecule has 0 spiro atoms. The summed E-state index contributed by atoms with van der Waals surface area (Å²) in [6, 6.07) is 9.82. The fraction of sp³-hybridized carbons (Fsp3) is 0.320. The number of hydrogen-bond donors (Lipinski definition) is 2. The normalized spacial score (nSPS) is 19.4. The molecule has 34 heavy (non-hydrogen) atoms. The topological polar surface area (TPSA) is 114 Å². The molecule has 1 saturated carbocycles. The zero-order valence-electron chi connectivity index (χ0n) is 18.9. The molecule has 1 aromatic carbocycles. The summed E-state index contributed by atoms with van der Waals surface area (Å²) in [6.45, 7) is 2.02. The first kappa shape index (κ1) is 21.8. The van der Waals surface area contributed by atoms with Gasteiger partial charge in [0, 0.05) is 30.8 Å². The molecule has 0 atom stereocenters. The zero-order valence-corrected chi connectivity index (χ0v) is 18.9. The van der Waals surface area contributed by atoms with Gasteiger partial charge in [-0.15, -0.1) is 0 Å². The molecular formula is C25H26N6O3. The lowest BCUT2D eigenvalue weighted by Crippen LogP contribution is -2.20. The number of carboxylic acids is 1. The molecule has 3 heterocycles. The van der Waals surface area contributed by atoms with Crippen molar-refractivity contribution in [3.05, 3.63) is 59.4 Å². The Balaban J connectivity index is 1.45. The lowest BCUT2D eigenvalue weighted by molar-refractivity contribution is -0.142. The number of allylic oxidation sites excluding steroid dienone is 1. The van der Waals surface area contributed by atoms with Gasteiger partial charge in [-0.3, -0.25) is 9.59 Å². The van der Waals surface area contributed by atoms with Gasteiger partial charge in [-0.25, -0.2) is 14.4 Å². The third-order valence-corrected chi connectivity index (χ3v) is 6.46. The average Bonchev–Trinajstić information content (AvgIpc) is 3.36. The Hall–Kier alpha value is -4.01. The van der Waals surface area contributed by atoms with Crippen LogP contribution in [0.3, 0.4) is 0 Å². The van der Waals surface area contributed by atoms with E-state index in [4.69, 9.17) is 5.10 Å². The first-order chi connectivity index (χ1) is 16.5. The Morgan fingerprint density at radius 1 is 1.12 bits per heavy atom. The van der Waals surface area contributed by atoms with E-state index >= 15 is 0 Å². The summed E-state index contributed by atoms with van der Waals surface area (Å²) in [7, 11) is 0. The maximum Gasteiger partial charge on any atom is 0.306 e. The van der Waals surface area contributed by atoms with Crippen molar-refractivity contribution in [3.8, 4) is 5.69 Å². The number of aliphatic carboxylic acids is 1. The molecule has 0 saturated heterocycles. The van der Waals surface area contributed by atoms with Crippen molar-refractivity contribution < 1.29 is 14.7 Å². The number of carbonyl (C=O) groups is 2. The molecule has 1 amide bonds. The van der Waals surface area contributed by atoms with Crippen LogP contribution >= 0.6 is 0 Å². The number of amides is 1. The Morgan fingerprint density at radius 3 is 2.62 bits per heavy atom. The molecule has 0 radical (unpaired) electrons. The number of hydrogen-bond acceptors (Lipinski definition) is 5. The molecule has 0 unspecified atom stereocenters. The average molecular weight is 459 g/mol. The van der Waals surface area contributed by atoms with Crippen molar-refractivity contribution in [3.63, 3.8) is 0 Å². The molecule has 1 aliphatic heterocycles. The van der Waals surface area contributed by atoms with Crippen LogP contribution < -0.4 is 5.32 Å². The van der Waals surface area contributed by atoms with Crippen LogP contribution in [0.25, 0.3) is 11.9 Å². The molecule has 2 N–H and O–H groups in total. The molecule has 1 fully saturated rings. The number of aliphatic imine (C=N–C) groups is 1. The van der Waals surface area contributed by atoms with E-state index in [0.29, 0.717) is 36.5 Å². The largest absolute Gasteiger partial charge is 0.481 e. The van der Waals surface area contributed by atoms with Crippen molar-refractivity contribution in [1.29, 1.82) is 0 Å². The van der Waals surface area contributed by atoms with Crippen molar-refractivity contribution >= 4 is 35.9 Å². The highest BCUT2D eigenvalue weighted by Crippen LogP contribution is 2.37. The van der Waals surface area contributed by atoms with Crippen LogP contribution in [0.5, 0.6) is 0 Å². The Morgan fingerprint density at radius 2 is 1.88 bits per heavy atom. The summed E-state index contributed by atoms with van der Waals surface area (Å²) in [5.41, 5.74) is 3.20. The number of carboxylic acid groups (broad SMARTS) is 1. The number of benzene rings is 1. The first-order valence-electron chi connectivity index (χ1n) is 11.5. The summed E-state index contributed by atoms with van der Waals surface area (Å²) < 4.78 is 3.32. The highest BCUT2D eigenvalue weighted by Gasteiger charge is 2.29. The molecular weight excluding hydrogens is 432 g/mol. The molecule has 174 valence electrons. The molecule has 9 heteroatoms. The number of aryl methyl sites for hydroxylation is 1. The van der Waals surface area contributed by atoms with Crippen LogP contribution in [0.2, 0.25) is 0 Å². The fourth-order valence-corrected chi connectivity index (χ4v) is 4.50. The number of carbonyl (C=O) groups excluding carboxylic acids is 1. The first-order valence-corrected chi connectivity index (χ1v) is 11.5. The maximum atomic E-state index is 13.2. The minimum atomic E-state index is -0.727. The molecule has 3 aromatic rings. The lowest BCUT2D eigenvalue weighted by atomic mass is 9.80. The predicted octanol–water partition coefficient (Wildman–Crippen LogP) is 4.56. The molecule has 2 aliphatic rings. The Bertz CT molecular complexity index is 1280. The van der Waals surface area contributed by atoms with E-state index < -0.39 is 5.97 Å². The number of nitrogens with zero attached hydrogens (tertiary/aromatic N) is 5. The van der Waals surface area contributed by atoms with Crippen LogP contribution in [0.15, 0.2) is 47.6 Å². The summed E-state index contributed by atoms with van der Waals surface area (Å²) in [6.07, 6.45) is 10.4. The summed E-state index contributed by atoms with van der Waals surface area (Å²) in [5, 5.41) is 21.4. The molecule has 5 rings (SSSR count). The van der Waals surface area contributed by atoms with Gasteiger partial charge in [-0.05, 0) is 44.7 Å². The third kappa shape index (κ3) is 4.28. The second-order valence-electron chi connectivity index (χ2n) is 8.80. The summed E-state index contributed by atoms with van der Waals surface area (Å²) in [5.74, 6) is -0.142. The minimum Gasteiger partial charge on any atom is -0.481 e. The van der Waals surface area contributed by atoms with Crippen molar-refractivity contribution in [2.45, 2.75) is 44.9 Å². The SMILES string of the molecule is Cc1ccc(-n2nc(C3CCC(C(=O)O)CC3)cc2NC(=O)c2cnn3c2N=CCC=C3)cc1. The standard InChI is InChI=1S/C25H26N6O3/c1-16-4-10-19(11-5-16)31-22(14-21(29-31)17-6-8-18(9-7-17)25(33)34)28-24(32)20-15-27-30-13-3-2-12-26-23(20)30/h3-5,10-15,17-18H,2,6-9H2,1H3,(H,28,32)(H,33,34). The van der Waals surface area contributed by atoms with Crippen LogP contribution in [0.1, 0.15) is 59.6 Å². The van der Waals surface area contributed by atoms with Crippen molar-refractivity contribution in [2.24, 2.45) is 10.9 Å². The van der Waals surface area contributed by atoms with Gasteiger partial charge in [0.15, 0.2) is 5.82 Å². The van der Waals surface area contributed by atoms with Gasteiger partial charge < -0.3 is 10.4 Å². The minimum absolute atomic E-state index is 0.153. The highest BCUT2D eigenvalue weighted by molar-refractivity contribution is 6.07. The van der Waals surface area contributed by atoms with Crippen molar-refractivity contribution in [2.75, 3.05) is 5.32 Å². The number of rotatable bonds is 5. The van der Waals surface area contributed by atoms with Gasteiger partial charge in [0.1, 0.15) is 11.4 Å². The molecule has 9 nitrogen and oxygen atoms in total. The fourth-order valence-electron chi connectivity index (χ4n) is 4.50. The van der Waals surface area contributed by atoms with Crippen molar-refractivity contribution in [1.82, 2.24) is 19.6 Å². The quantitative estimate of drug-likeness (QED) is 0.581. The summed E-state index contributed by atoms with van der Waals surface area (Å²) >= 11 is 0. The summed E-state index contributed by atoms with van der Waals surface area (Å²) in [4.78, 5) is 29.0. The number of nitrogens with one attached hydrogen (secondary N) is 1. The molecule has 1 aliphatic carbocycles. The van der Waals surface area contributed by atoms with Crippen LogP contribution in [-0.4, -0.2) is 42.8 Å². The molecule has 0 bridgehead atoms. The number of fused-ring (bicyclic) bond motifs is 1. The predicted molar refractivity (Wildman–Crippen MR) is 129 cm³/mol. The van der Waals surface area contributed by atoms with E-state index in [1.807, 2.05) is 43.3 Å². The van der Waals surface area contributed by atoms with E-state index in [1.54, 1.807) is 21.8 Å². The Labute approximate surface area is 196 Å². The van der Waals surface area contributed by atoms with Gasteiger partial charge in [0.25, 0.3) is 5.91 Å². The number of anilines is 1. The molecule has 2 aromatic heterocycles. The van der Waals surface area contributed by atoms with Gasteiger partial charge >= 0.3 is 5.97 Å². The van der Waals surface area contributed by atoms with Gasteiger partial charge in [0.05, 0.1) is 23.5 Å². The smallest absolute Gasteiger partial charge is 0.306 e. The van der Waals surface area contributed by atoms with Gasteiger partial charge in [-0.2, -0.15) is 10.2 Å². The van der Waals surface area contributed by atoms with Crippen LogP contribution in [0, 0.1) is 12.8 Å². The maximum absolute atomic E-state index is 13.2. The number of aromatic nitrogens is 4. The zero-order chi connectivity index (χ0) is 23.7. The van der Waals surface area contributed by atoms with E-state index in [0.717, 1.165) is 29.8 Å². The van der Waals surface area contributed by atoms with Crippen LogP contribution in [-0.2, 0) is 4.79 Å². The van der Waals surface area contributed by atoms with Crippen LogP contribution in [0.4, 0.5) is 11.6 Å². The van der Waals surface area contributed by atoms with E-state index in [-0.39, 0.29) is 17.7 Å². The Kier molecular flexibility index (Phi) is 5.83. The second kappa shape index (κ2) is 9.09. The lowest BCUT2D eigenvalue weighted by Gasteiger charge is -2.24. The van der Waals surface area contributed by atoms with Gasteiger partial charge in [-0.1, -0.05) is 23.8 Å². The van der Waals surface area contributed by atoms with E-state index in [1.165, 1.54) is 6.20 Å². The monoisotopic (exact) mass is 458 g/mol.